The van der Waals surface area contributed by atoms with Crippen molar-refractivity contribution in [2.24, 2.45) is 23.2 Å². The summed E-state index contributed by atoms with van der Waals surface area (Å²) < 4.78 is 0. The average molecular weight is 387 g/mol. The molecule has 132 valence electrons. The van der Waals surface area contributed by atoms with Gasteiger partial charge in [-0.15, -0.1) is 0 Å². The standard InChI is InChI=1S/C19H31BrO3/c1-13(6-4-11-19(3,23)17(21)22)15-8-9-16-14(12-20)7-5-10-18(15,16)2/h12-13,15-16,23H,4-11H2,1-3H3,(H,21,22)/b14-12+/t13-,15-,16?,18-,19-/m1/s1. The first-order valence-corrected chi connectivity index (χ1v) is 9.89. The molecular formula is C19H31BrO3. The first-order valence-electron chi connectivity index (χ1n) is 8.97. The Morgan fingerprint density at radius 3 is 2.83 bits per heavy atom. The Hall–Kier alpha value is -0.350. The molecule has 0 aromatic rings. The van der Waals surface area contributed by atoms with E-state index in [0.717, 1.165) is 12.8 Å². The number of carbonyl (C=O) groups is 1. The normalized spacial score (nSPS) is 36.5. The molecule has 2 aliphatic rings. The molecule has 0 aromatic carbocycles. The zero-order valence-electron chi connectivity index (χ0n) is 14.6. The second-order valence-corrected chi connectivity index (χ2v) is 8.69. The van der Waals surface area contributed by atoms with Crippen LogP contribution in [0.2, 0.25) is 0 Å². The van der Waals surface area contributed by atoms with E-state index in [9.17, 15) is 9.90 Å². The number of aliphatic hydroxyl groups is 1. The van der Waals surface area contributed by atoms with E-state index in [0.29, 0.717) is 29.6 Å². The van der Waals surface area contributed by atoms with Crippen LogP contribution in [0.3, 0.4) is 0 Å². The second kappa shape index (κ2) is 7.26. The smallest absolute Gasteiger partial charge is 0.335 e. The molecule has 0 aliphatic heterocycles. The molecular weight excluding hydrogens is 356 g/mol. The molecule has 0 bridgehead atoms. The number of carboxylic acids is 1. The van der Waals surface area contributed by atoms with Crippen LogP contribution in [0.15, 0.2) is 10.6 Å². The van der Waals surface area contributed by atoms with Crippen LogP contribution in [-0.4, -0.2) is 21.8 Å². The summed E-state index contributed by atoms with van der Waals surface area (Å²) in [5.41, 5.74) is 0.396. The maximum atomic E-state index is 11.0. The molecule has 0 aromatic heterocycles. The minimum atomic E-state index is -1.58. The van der Waals surface area contributed by atoms with Crippen LogP contribution in [0.25, 0.3) is 0 Å². The lowest BCUT2D eigenvalue weighted by molar-refractivity contribution is -0.157. The van der Waals surface area contributed by atoms with Gasteiger partial charge in [-0.3, -0.25) is 0 Å². The van der Waals surface area contributed by atoms with Gasteiger partial charge in [-0.05, 0) is 80.0 Å². The van der Waals surface area contributed by atoms with Gasteiger partial charge in [-0.1, -0.05) is 41.8 Å². The maximum absolute atomic E-state index is 11.0. The predicted octanol–water partition coefficient (Wildman–Crippen LogP) is 5.12. The molecule has 0 amide bonds. The number of halogens is 1. The minimum absolute atomic E-state index is 0.339. The molecule has 3 nitrogen and oxygen atoms in total. The first kappa shape index (κ1) is 19.0. The van der Waals surface area contributed by atoms with Crippen molar-refractivity contribution in [2.45, 2.75) is 77.7 Å². The van der Waals surface area contributed by atoms with Crippen LogP contribution in [-0.2, 0) is 4.79 Å². The van der Waals surface area contributed by atoms with Crippen LogP contribution in [0.4, 0.5) is 0 Å². The highest BCUT2D eigenvalue weighted by atomic mass is 79.9. The molecule has 2 aliphatic carbocycles. The van der Waals surface area contributed by atoms with Gasteiger partial charge in [0.25, 0.3) is 0 Å². The van der Waals surface area contributed by atoms with Crippen molar-refractivity contribution in [3.63, 3.8) is 0 Å². The van der Waals surface area contributed by atoms with Gasteiger partial charge in [-0.25, -0.2) is 4.79 Å². The van der Waals surface area contributed by atoms with Gasteiger partial charge in [0.15, 0.2) is 5.60 Å². The monoisotopic (exact) mass is 386 g/mol. The van der Waals surface area contributed by atoms with Crippen LogP contribution in [0, 0.1) is 23.2 Å². The number of hydrogen-bond acceptors (Lipinski definition) is 2. The highest BCUT2D eigenvalue weighted by molar-refractivity contribution is 9.11. The Bertz CT molecular complexity index is 471. The lowest BCUT2D eigenvalue weighted by atomic mass is 9.61. The molecule has 2 fully saturated rings. The van der Waals surface area contributed by atoms with Gasteiger partial charge in [0.1, 0.15) is 0 Å². The summed E-state index contributed by atoms with van der Waals surface area (Å²) in [5, 5.41) is 18.9. The average Bonchev–Trinajstić information content (AvgIpc) is 2.83. The fourth-order valence-electron chi connectivity index (χ4n) is 5.22. The first-order chi connectivity index (χ1) is 10.7. The molecule has 0 spiro atoms. The maximum Gasteiger partial charge on any atom is 0.335 e. The lowest BCUT2D eigenvalue weighted by Gasteiger charge is -2.44. The SMILES string of the molecule is C[C@H](CCC[C@@](C)(O)C(=O)O)[C@H]1CCC2/C(=C/Br)CCC[C@@]21C. The van der Waals surface area contributed by atoms with E-state index in [1.165, 1.54) is 39.0 Å². The summed E-state index contributed by atoms with van der Waals surface area (Å²) in [6.45, 7) is 6.19. The van der Waals surface area contributed by atoms with Crippen LogP contribution < -0.4 is 0 Å². The molecule has 2 saturated carbocycles. The summed E-state index contributed by atoms with van der Waals surface area (Å²) in [6, 6.07) is 0. The van der Waals surface area contributed by atoms with E-state index in [2.05, 4.69) is 34.8 Å². The van der Waals surface area contributed by atoms with Crippen LogP contribution in [0.5, 0.6) is 0 Å². The largest absolute Gasteiger partial charge is 0.479 e. The van der Waals surface area contributed by atoms with Gasteiger partial charge >= 0.3 is 5.97 Å². The van der Waals surface area contributed by atoms with Crippen LogP contribution in [0.1, 0.15) is 72.1 Å². The van der Waals surface area contributed by atoms with E-state index in [1.807, 2.05) is 0 Å². The highest BCUT2D eigenvalue weighted by Crippen LogP contribution is 2.60. The van der Waals surface area contributed by atoms with E-state index in [-0.39, 0.29) is 0 Å². The molecule has 2 N–H and O–H groups in total. The molecule has 4 heteroatoms. The Kier molecular flexibility index (Phi) is 5.99. The highest BCUT2D eigenvalue weighted by Gasteiger charge is 2.50. The number of allylic oxidation sites excluding steroid dienone is 1. The second-order valence-electron chi connectivity index (χ2n) is 8.23. The molecule has 2 rings (SSSR count). The summed E-state index contributed by atoms with van der Waals surface area (Å²) in [4.78, 5) is 13.2. The Labute approximate surface area is 148 Å². The van der Waals surface area contributed by atoms with E-state index in [4.69, 9.17) is 5.11 Å². The molecule has 0 heterocycles. The number of rotatable bonds is 6. The summed E-state index contributed by atoms with van der Waals surface area (Å²) >= 11 is 3.56. The minimum Gasteiger partial charge on any atom is -0.479 e. The third-order valence-electron chi connectivity index (χ3n) is 6.65. The fraction of sp³-hybridized carbons (Fsp3) is 0.842. The van der Waals surface area contributed by atoms with Gasteiger partial charge < -0.3 is 10.2 Å². The van der Waals surface area contributed by atoms with Crippen molar-refractivity contribution in [3.05, 3.63) is 10.6 Å². The lowest BCUT2D eigenvalue weighted by Crippen LogP contribution is -2.36. The Morgan fingerprint density at radius 1 is 1.52 bits per heavy atom. The van der Waals surface area contributed by atoms with E-state index >= 15 is 0 Å². The van der Waals surface area contributed by atoms with Crippen LogP contribution >= 0.6 is 15.9 Å². The quantitative estimate of drug-likeness (QED) is 0.665. The summed E-state index contributed by atoms with van der Waals surface area (Å²) in [7, 11) is 0. The van der Waals surface area contributed by atoms with Gasteiger partial charge in [0.05, 0.1) is 0 Å². The number of aliphatic carboxylic acids is 1. The molecule has 0 radical (unpaired) electrons. The number of fused-ring (bicyclic) bond motifs is 1. The van der Waals surface area contributed by atoms with Crippen molar-refractivity contribution in [1.29, 1.82) is 0 Å². The number of carboxylic acid groups (broad SMARTS) is 1. The van der Waals surface area contributed by atoms with Gasteiger partial charge in [-0.2, -0.15) is 0 Å². The third-order valence-corrected chi connectivity index (χ3v) is 7.24. The fourth-order valence-corrected chi connectivity index (χ4v) is 5.77. The zero-order chi connectivity index (χ0) is 17.3. The zero-order valence-corrected chi connectivity index (χ0v) is 16.2. The molecule has 5 atom stereocenters. The van der Waals surface area contributed by atoms with Gasteiger partial charge in [0, 0.05) is 0 Å². The molecule has 0 saturated heterocycles. The van der Waals surface area contributed by atoms with E-state index < -0.39 is 11.6 Å². The molecule has 1 unspecified atom stereocenters. The summed E-state index contributed by atoms with van der Waals surface area (Å²) in [6.07, 6.45) is 8.51. The number of hydrogen-bond donors (Lipinski definition) is 2. The Morgan fingerprint density at radius 2 is 2.22 bits per heavy atom. The summed E-state index contributed by atoms with van der Waals surface area (Å²) in [5.74, 6) is 0.900. The molecule has 23 heavy (non-hydrogen) atoms. The van der Waals surface area contributed by atoms with Gasteiger partial charge in [0.2, 0.25) is 0 Å². The Balaban J connectivity index is 1.95. The van der Waals surface area contributed by atoms with E-state index in [1.54, 1.807) is 5.57 Å². The third kappa shape index (κ3) is 3.84. The van der Waals surface area contributed by atoms with Crippen molar-refractivity contribution in [3.8, 4) is 0 Å². The topological polar surface area (TPSA) is 57.5 Å². The van der Waals surface area contributed by atoms with Crippen molar-refractivity contribution in [1.82, 2.24) is 0 Å². The van der Waals surface area contributed by atoms with Crippen molar-refractivity contribution in [2.75, 3.05) is 0 Å². The predicted molar refractivity (Wildman–Crippen MR) is 96.5 cm³/mol. The van der Waals surface area contributed by atoms with Crippen molar-refractivity contribution < 1.29 is 15.0 Å². The van der Waals surface area contributed by atoms with Crippen molar-refractivity contribution >= 4 is 21.9 Å².